The molecular formula is C21H29N3O3. The van der Waals surface area contributed by atoms with Crippen LogP contribution in [-0.2, 0) is 11.3 Å². The third-order valence-corrected chi connectivity index (χ3v) is 4.94. The standard InChI is InChI=1S/C21H29N3O3/c1-14(2)20(17-6-7-18-19(12-17)27-11-5-10-26-18)23-21(25)15(3)13-24-9-8-22-16(24)4/h6-9,12,14-15,20H,5,10-11,13H2,1-4H3,(H,23,25). The first-order chi connectivity index (χ1) is 13.0. The van der Waals surface area contributed by atoms with E-state index in [0.717, 1.165) is 29.3 Å². The normalized spacial score (nSPS) is 15.9. The number of rotatable bonds is 6. The maximum atomic E-state index is 12.8. The van der Waals surface area contributed by atoms with Crippen LogP contribution in [-0.4, -0.2) is 28.7 Å². The van der Waals surface area contributed by atoms with Gasteiger partial charge in [0.25, 0.3) is 0 Å². The number of hydrogen-bond donors (Lipinski definition) is 1. The third kappa shape index (κ3) is 4.62. The first-order valence-corrected chi connectivity index (χ1v) is 9.63. The summed E-state index contributed by atoms with van der Waals surface area (Å²) in [6.45, 7) is 10.0. The molecule has 0 fully saturated rings. The summed E-state index contributed by atoms with van der Waals surface area (Å²) in [7, 11) is 0. The van der Waals surface area contributed by atoms with Crippen LogP contribution in [0.5, 0.6) is 11.5 Å². The number of fused-ring (bicyclic) bond motifs is 1. The van der Waals surface area contributed by atoms with Gasteiger partial charge in [0.2, 0.25) is 5.91 Å². The van der Waals surface area contributed by atoms with Gasteiger partial charge in [-0.25, -0.2) is 4.98 Å². The van der Waals surface area contributed by atoms with E-state index in [1.54, 1.807) is 6.20 Å². The Morgan fingerprint density at radius 2 is 1.96 bits per heavy atom. The van der Waals surface area contributed by atoms with E-state index in [9.17, 15) is 4.79 Å². The van der Waals surface area contributed by atoms with E-state index in [4.69, 9.17) is 9.47 Å². The molecule has 2 heterocycles. The number of benzene rings is 1. The Morgan fingerprint density at radius 3 is 2.63 bits per heavy atom. The highest BCUT2D eigenvalue weighted by Gasteiger charge is 2.23. The Labute approximate surface area is 160 Å². The van der Waals surface area contributed by atoms with Crippen molar-refractivity contribution in [1.29, 1.82) is 0 Å². The number of ether oxygens (including phenoxy) is 2. The van der Waals surface area contributed by atoms with Crippen molar-refractivity contribution < 1.29 is 14.3 Å². The molecule has 0 radical (unpaired) electrons. The molecule has 1 aromatic heterocycles. The van der Waals surface area contributed by atoms with Crippen molar-refractivity contribution in [1.82, 2.24) is 14.9 Å². The molecule has 146 valence electrons. The Kier molecular flexibility index (Phi) is 6.04. The lowest BCUT2D eigenvalue weighted by molar-refractivity contribution is -0.126. The Bertz CT molecular complexity index is 785. The fraction of sp³-hybridized carbons (Fsp3) is 0.524. The van der Waals surface area contributed by atoms with Crippen LogP contribution in [0.4, 0.5) is 0 Å². The van der Waals surface area contributed by atoms with Gasteiger partial charge in [0.1, 0.15) is 5.82 Å². The lowest BCUT2D eigenvalue weighted by Gasteiger charge is -2.25. The molecule has 27 heavy (non-hydrogen) atoms. The number of amides is 1. The molecule has 0 saturated carbocycles. The maximum absolute atomic E-state index is 12.8. The van der Waals surface area contributed by atoms with Crippen molar-refractivity contribution >= 4 is 5.91 Å². The molecule has 1 aliphatic rings. The number of carbonyl (C=O) groups excluding carboxylic acids is 1. The molecule has 1 aromatic carbocycles. The predicted molar refractivity (Wildman–Crippen MR) is 104 cm³/mol. The summed E-state index contributed by atoms with van der Waals surface area (Å²) < 4.78 is 13.5. The number of aryl methyl sites for hydroxylation is 1. The second-order valence-corrected chi connectivity index (χ2v) is 7.51. The summed E-state index contributed by atoms with van der Waals surface area (Å²) >= 11 is 0. The van der Waals surface area contributed by atoms with Crippen LogP contribution in [0.1, 0.15) is 44.6 Å². The van der Waals surface area contributed by atoms with Gasteiger partial charge in [-0.15, -0.1) is 0 Å². The van der Waals surface area contributed by atoms with E-state index in [1.807, 2.05) is 42.8 Å². The van der Waals surface area contributed by atoms with Crippen molar-refractivity contribution in [3.8, 4) is 11.5 Å². The van der Waals surface area contributed by atoms with Crippen LogP contribution in [0.2, 0.25) is 0 Å². The molecule has 3 rings (SSSR count). The van der Waals surface area contributed by atoms with Gasteiger partial charge in [0.15, 0.2) is 11.5 Å². The first kappa shape index (κ1) is 19.3. The van der Waals surface area contributed by atoms with Crippen LogP contribution in [0.3, 0.4) is 0 Å². The molecule has 6 nitrogen and oxygen atoms in total. The van der Waals surface area contributed by atoms with Gasteiger partial charge in [-0.05, 0) is 30.5 Å². The maximum Gasteiger partial charge on any atom is 0.225 e. The fourth-order valence-corrected chi connectivity index (χ4v) is 3.28. The molecule has 0 saturated heterocycles. The van der Waals surface area contributed by atoms with Gasteiger partial charge in [-0.2, -0.15) is 0 Å². The Hall–Kier alpha value is -2.50. The average molecular weight is 371 g/mol. The Morgan fingerprint density at radius 1 is 1.22 bits per heavy atom. The van der Waals surface area contributed by atoms with Crippen LogP contribution in [0.25, 0.3) is 0 Å². The van der Waals surface area contributed by atoms with Crippen LogP contribution < -0.4 is 14.8 Å². The smallest absolute Gasteiger partial charge is 0.225 e. The molecule has 2 aromatic rings. The highest BCUT2D eigenvalue weighted by Crippen LogP contribution is 2.34. The van der Waals surface area contributed by atoms with Gasteiger partial charge in [-0.1, -0.05) is 26.8 Å². The van der Waals surface area contributed by atoms with E-state index in [0.29, 0.717) is 19.8 Å². The number of hydrogen-bond acceptors (Lipinski definition) is 4. The Balaban J connectivity index is 1.73. The molecule has 1 N–H and O–H groups in total. The zero-order chi connectivity index (χ0) is 19.4. The van der Waals surface area contributed by atoms with Crippen molar-refractivity contribution in [3.05, 3.63) is 42.0 Å². The number of imidazole rings is 1. The predicted octanol–water partition coefficient (Wildman–Crippen LogP) is 3.50. The van der Waals surface area contributed by atoms with Gasteiger partial charge in [-0.3, -0.25) is 4.79 Å². The van der Waals surface area contributed by atoms with E-state index in [2.05, 4.69) is 24.1 Å². The van der Waals surface area contributed by atoms with E-state index in [-0.39, 0.29) is 23.8 Å². The largest absolute Gasteiger partial charge is 0.490 e. The molecule has 1 aliphatic heterocycles. The van der Waals surface area contributed by atoms with E-state index >= 15 is 0 Å². The zero-order valence-corrected chi connectivity index (χ0v) is 16.6. The minimum Gasteiger partial charge on any atom is -0.490 e. The molecular weight excluding hydrogens is 342 g/mol. The third-order valence-electron chi connectivity index (χ3n) is 4.94. The SMILES string of the molecule is Cc1nccn1CC(C)C(=O)NC(c1ccc2c(c1)OCCCO2)C(C)C. The molecule has 1 amide bonds. The van der Waals surface area contributed by atoms with E-state index < -0.39 is 0 Å². The fourth-order valence-electron chi connectivity index (χ4n) is 3.28. The lowest BCUT2D eigenvalue weighted by atomic mass is 9.94. The summed E-state index contributed by atoms with van der Waals surface area (Å²) in [5, 5.41) is 3.22. The summed E-state index contributed by atoms with van der Waals surface area (Å²) in [5.41, 5.74) is 1.04. The zero-order valence-electron chi connectivity index (χ0n) is 16.6. The van der Waals surface area contributed by atoms with Crippen molar-refractivity contribution in [2.24, 2.45) is 11.8 Å². The van der Waals surface area contributed by atoms with Crippen molar-refractivity contribution in [2.75, 3.05) is 13.2 Å². The molecule has 0 spiro atoms. The molecule has 2 atom stereocenters. The minimum absolute atomic E-state index is 0.0360. The number of carbonyl (C=O) groups is 1. The molecule has 0 bridgehead atoms. The topological polar surface area (TPSA) is 65.4 Å². The molecule has 2 unspecified atom stereocenters. The summed E-state index contributed by atoms with van der Waals surface area (Å²) in [6.07, 6.45) is 4.54. The lowest BCUT2D eigenvalue weighted by Crippen LogP contribution is -2.36. The molecule has 0 aliphatic carbocycles. The monoisotopic (exact) mass is 371 g/mol. The second kappa shape index (κ2) is 8.46. The highest BCUT2D eigenvalue weighted by molar-refractivity contribution is 5.78. The van der Waals surface area contributed by atoms with Crippen LogP contribution >= 0.6 is 0 Å². The van der Waals surface area contributed by atoms with Crippen molar-refractivity contribution in [2.45, 2.75) is 46.7 Å². The number of nitrogens with one attached hydrogen (secondary N) is 1. The van der Waals surface area contributed by atoms with Crippen LogP contribution in [0.15, 0.2) is 30.6 Å². The second-order valence-electron chi connectivity index (χ2n) is 7.51. The highest BCUT2D eigenvalue weighted by atomic mass is 16.5. The van der Waals surface area contributed by atoms with Gasteiger partial charge < -0.3 is 19.4 Å². The number of aromatic nitrogens is 2. The van der Waals surface area contributed by atoms with Crippen LogP contribution in [0, 0.1) is 18.8 Å². The number of nitrogens with zero attached hydrogens (tertiary/aromatic N) is 2. The average Bonchev–Trinajstić information content (AvgIpc) is 2.90. The minimum atomic E-state index is -0.153. The van der Waals surface area contributed by atoms with Crippen molar-refractivity contribution in [3.63, 3.8) is 0 Å². The summed E-state index contributed by atoms with van der Waals surface area (Å²) in [6, 6.07) is 5.87. The van der Waals surface area contributed by atoms with Gasteiger partial charge in [0, 0.05) is 25.4 Å². The van der Waals surface area contributed by atoms with E-state index in [1.165, 1.54) is 0 Å². The van der Waals surface area contributed by atoms with Gasteiger partial charge >= 0.3 is 0 Å². The quantitative estimate of drug-likeness (QED) is 0.844. The van der Waals surface area contributed by atoms with Gasteiger partial charge in [0.05, 0.1) is 25.2 Å². The molecule has 6 heteroatoms. The summed E-state index contributed by atoms with van der Waals surface area (Å²) in [5.74, 6) is 2.58. The first-order valence-electron chi connectivity index (χ1n) is 9.63. The summed E-state index contributed by atoms with van der Waals surface area (Å²) in [4.78, 5) is 17.0.